The van der Waals surface area contributed by atoms with Crippen LogP contribution in [0, 0.1) is 0 Å². The number of carbonyl (C=O) groups is 1. The van der Waals surface area contributed by atoms with Gasteiger partial charge in [-0.2, -0.15) is 0 Å². The summed E-state index contributed by atoms with van der Waals surface area (Å²) in [6.45, 7) is 2.04. The highest BCUT2D eigenvalue weighted by molar-refractivity contribution is 6.13. The molecule has 1 aliphatic heterocycles. The summed E-state index contributed by atoms with van der Waals surface area (Å²) in [6, 6.07) is 1.57. The molecule has 1 aromatic heterocycles. The van der Waals surface area contributed by atoms with Gasteiger partial charge in [0.1, 0.15) is 18.1 Å². The van der Waals surface area contributed by atoms with E-state index in [4.69, 9.17) is 4.42 Å². The second-order valence-corrected chi connectivity index (χ2v) is 3.28. The van der Waals surface area contributed by atoms with E-state index in [1.807, 2.05) is 6.92 Å². The summed E-state index contributed by atoms with van der Waals surface area (Å²) in [6.07, 6.45) is 4.90. The first kappa shape index (κ1) is 8.99. The second-order valence-electron chi connectivity index (χ2n) is 3.28. The average molecular weight is 192 g/mol. The molecule has 0 spiro atoms. The molecule has 0 fully saturated rings. The third-order valence-corrected chi connectivity index (χ3v) is 2.19. The normalized spacial score (nSPS) is 20.8. The minimum atomic E-state index is -0.218. The van der Waals surface area contributed by atoms with Crippen molar-refractivity contribution in [1.29, 1.82) is 0 Å². The number of nitrogens with zero attached hydrogens (tertiary/aromatic N) is 1. The van der Waals surface area contributed by atoms with Crippen molar-refractivity contribution in [2.24, 2.45) is 4.99 Å². The molecule has 0 aliphatic carbocycles. The van der Waals surface area contributed by atoms with E-state index in [0.717, 1.165) is 18.4 Å². The third-order valence-electron chi connectivity index (χ3n) is 2.19. The molecule has 74 valence electrons. The Morgan fingerprint density at radius 3 is 3.14 bits per heavy atom. The van der Waals surface area contributed by atoms with E-state index in [9.17, 15) is 4.79 Å². The summed E-state index contributed by atoms with van der Waals surface area (Å²) >= 11 is 0. The number of aliphatic imine (C=N–C) groups is 1. The molecule has 0 aromatic carbocycles. The van der Waals surface area contributed by atoms with Crippen molar-refractivity contribution in [3.63, 3.8) is 0 Å². The van der Waals surface area contributed by atoms with Crippen LogP contribution in [0.5, 0.6) is 0 Å². The van der Waals surface area contributed by atoms with Crippen molar-refractivity contribution in [3.05, 3.63) is 24.2 Å². The quantitative estimate of drug-likeness (QED) is 0.785. The van der Waals surface area contributed by atoms with Crippen molar-refractivity contribution < 1.29 is 9.21 Å². The zero-order valence-electron chi connectivity index (χ0n) is 7.99. The number of hydrogen-bond donors (Lipinski definition) is 1. The summed E-state index contributed by atoms with van der Waals surface area (Å²) in [5, 5.41) is 2.74. The number of amidine groups is 1. The average Bonchev–Trinajstić information content (AvgIpc) is 2.76. The van der Waals surface area contributed by atoms with Gasteiger partial charge in [0, 0.05) is 0 Å². The van der Waals surface area contributed by atoms with Crippen molar-refractivity contribution in [3.8, 4) is 0 Å². The molecule has 1 N–H and O–H groups in total. The maximum absolute atomic E-state index is 11.4. The van der Waals surface area contributed by atoms with Crippen molar-refractivity contribution in [2.75, 3.05) is 0 Å². The molecule has 1 unspecified atom stereocenters. The number of rotatable bonds is 3. The van der Waals surface area contributed by atoms with E-state index in [2.05, 4.69) is 10.3 Å². The minimum absolute atomic E-state index is 0.0111. The molecule has 1 aromatic rings. The molecule has 14 heavy (non-hydrogen) atoms. The summed E-state index contributed by atoms with van der Waals surface area (Å²) in [5.74, 6) is 0.616. The maximum Gasteiger partial charge on any atom is 0.250 e. The van der Waals surface area contributed by atoms with Crippen LogP contribution in [0.1, 0.15) is 25.3 Å². The molecular formula is C10H12N2O2. The first-order chi connectivity index (χ1) is 6.81. The summed E-state index contributed by atoms with van der Waals surface area (Å²) in [4.78, 5) is 15.7. The van der Waals surface area contributed by atoms with Gasteiger partial charge in [-0.3, -0.25) is 9.79 Å². The highest BCUT2D eigenvalue weighted by Crippen LogP contribution is 2.12. The van der Waals surface area contributed by atoms with Crippen LogP contribution in [0.25, 0.3) is 0 Å². The molecule has 0 radical (unpaired) electrons. The van der Waals surface area contributed by atoms with Crippen LogP contribution in [0.4, 0.5) is 0 Å². The Morgan fingerprint density at radius 1 is 1.64 bits per heavy atom. The van der Waals surface area contributed by atoms with Crippen molar-refractivity contribution in [1.82, 2.24) is 5.32 Å². The monoisotopic (exact) mass is 192 g/mol. The van der Waals surface area contributed by atoms with Crippen LogP contribution in [0.15, 0.2) is 28.0 Å². The fraction of sp³-hybridized carbons (Fsp3) is 0.400. The fourth-order valence-electron chi connectivity index (χ4n) is 1.46. The van der Waals surface area contributed by atoms with Gasteiger partial charge in [-0.25, -0.2) is 0 Å². The predicted octanol–water partition coefficient (Wildman–Crippen LogP) is 1.32. The van der Waals surface area contributed by atoms with Crippen LogP contribution in [0.2, 0.25) is 0 Å². The van der Waals surface area contributed by atoms with Gasteiger partial charge in [-0.1, -0.05) is 13.3 Å². The van der Waals surface area contributed by atoms with Crippen LogP contribution < -0.4 is 5.32 Å². The Bertz CT molecular complexity index is 354. The van der Waals surface area contributed by atoms with E-state index >= 15 is 0 Å². The van der Waals surface area contributed by atoms with Crippen LogP contribution in [0.3, 0.4) is 0 Å². The van der Waals surface area contributed by atoms with E-state index in [-0.39, 0.29) is 11.9 Å². The number of hydrogen-bond acceptors (Lipinski definition) is 3. The smallest absolute Gasteiger partial charge is 0.250 e. The topological polar surface area (TPSA) is 54.6 Å². The Kier molecular flexibility index (Phi) is 2.35. The summed E-state index contributed by atoms with van der Waals surface area (Å²) in [7, 11) is 0. The molecule has 1 atom stereocenters. The molecule has 2 heterocycles. The molecule has 4 heteroatoms. The van der Waals surface area contributed by atoms with Gasteiger partial charge in [0.25, 0.3) is 0 Å². The van der Waals surface area contributed by atoms with Crippen molar-refractivity contribution >= 4 is 11.7 Å². The van der Waals surface area contributed by atoms with E-state index in [1.165, 1.54) is 0 Å². The molecule has 1 aliphatic rings. The van der Waals surface area contributed by atoms with Gasteiger partial charge in [0.15, 0.2) is 0 Å². The lowest BCUT2D eigenvalue weighted by Gasteiger charge is -1.99. The first-order valence-electron chi connectivity index (χ1n) is 4.72. The van der Waals surface area contributed by atoms with Crippen LogP contribution in [-0.4, -0.2) is 17.8 Å². The molecule has 0 saturated heterocycles. The lowest BCUT2D eigenvalue weighted by molar-refractivity contribution is -0.120. The Labute approximate surface area is 82.0 Å². The Morgan fingerprint density at radius 2 is 2.50 bits per heavy atom. The van der Waals surface area contributed by atoms with Gasteiger partial charge in [0.05, 0.1) is 11.8 Å². The highest BCUT2D eigenvalue weighted by atomic mass is 16.3. The number of nitrogens with one attached hydrogen (secondary N) is 1. The SMILES string of the molecule is CCCC1N=C(c2ccoc2)NC1=O. The van der Waals surface area contributed by atoms with E-state index < -0.39 is 0 Å². The van der Waals surface area contributed by atoms with E-state index in [1.54, 1.807) is 18.6 Å². The molecular weight excluding hydrogens is 180 g/mol. The first-order valence-corrected chi connectivity index (χ1v) is 4.72. The van der Waals surface area contributed by atoms with Gasteiger partial charge in [-0.05, 0) is 12.5 Å². The van der Waals surface area contributed by atoms with Gasteiger partial charge >= 0.3 is 0 Å². The molecule has 0 saturated carbocycles. The standard InChI is InChI=1S/C10H12N2O2/c1-2-3-8-10(13)12-9(11-8)7-4-5-14-6-7/h4-6,8H,2-3H2,1H3,(H,11,12,13). The molecule has 2 rings (SSSR count). The fourth-order valence-corrected chi connectivity index (χ4v) is 1.46. The molecule has 4 nitrogen and oxygen atoms in total. The minimum Gasteiger partial charge on any atom is -0.472 e. The zero-order chi connectivity index (χ0) is 9.97. The third kappa shape index (κ3) is 1.55. The number of furan rings is 1. The lowest BCUT2D eigenvalue weighted by atomic mass is 10.2. The zero-order valence-corrected chi connectivity index (χ0v) is 7.99. The Balaban J connectivity index is 2.16. The number of carbonyl (C=O) groups excluding carboxylic acids is 1. The summed E-state index contributed by atoms with van der Waals surface area (Å²) < 4.78 is 4.93. The largest absolute Gasteiger partial charge is 0.472 e. The molecule has 0 bridgehead atoms. The molecule has 1 amide bonds. The van der Waals surface area contributed by atoms with Crippen molar-refractivity contribution in [2.45, 2.75) is 25.8 Å². The summed E-state index contributed by atoms with van der Waals surface area (Å²) in [5.41, 5.74) is 0.831. The Hall–Kier alpha value is -1.58. The maximum atomic E-state index is 11.4. The second kappa shape index (κ2) is 3.65. The van der Waals surface area contributed by atoms with Crippen LogP contribution >= 0.6 is 0 Å². The van der Waals surface area contributed by atoms with Gasteiger partial charge in [-0.15, -0.1) is 0 Å². The lowest BCUT2D eigenvalue weighted by Crippen LogP contribution is -2.28. The van der Waals surface area contributed by atoms with Gasteiger partial charge < -0.3 is 9.73 Å². The van der Waals surface area contributed by atoms with E-state index in [0.29, 0.717) is 5.84 Å². The highest BCUT2D eigenvalue weighted by Gasteiger charge is 2.26. The van der Waals surface area contributed by atoms with Gasteiger partial charge in [0.2, 0.25) is 5.91 Å². The van der Waals surface area contributed by atoms with Crippen LogP contribution in [-0.2, 0) is 4.79 Å². The number of amides is 1. The predicted molar refractivity (Wildman–Crippen MR) is 52.1 cm³/mol.